The predicted molar refractivity (Wildman–Crippen MR) is 93.2 cm³/mol. The van der Waals surface area contributed by atoms with Crippen molar-refractivity contribution < 1.29 is 19.5 Å². The molecule has 1 aliphatic rings. The summed E-state index contributed by atoms with van der Waals surface area (Å²) in [5.74, 6) is 1.57. The Balaban J connectivity index is 1.57. The van der Waals surface area contributed by atoms with Gasteiger partial charge in [0.05, 0.1) is 7.11 Å². The lowest BCUT2D eigenvalue weighted by Gasteiger charge is -2.13. The van der Waals surface area contributed by atoms with Crippen LogP contribution in [0.3, 0.4) is 0 Å². The van der Waals surface area contributed by atoms with Crippen molar-refractivity contribution in [2.45, 2.75) is 32.1 Å². The number of ether oxygens (including phenoxy) is 3. The quantitative estimate of drug-likeness (QED) is 0.810. The summed E-state index contributed by atoms with van der Waals surface area (Å²) in [5.41, 5.74) is 2.38. The molecule has 1 saturated heterocycles. The van der Waals surface area contributed by atoms with Crippen LogP contribution >= 0.6 is 0 Å². The van der Waals surface area contributed by atoms with Crippen LogP contribution in [0, 0.1) is 0 Å². The molecule has 0 spiro atoms. The monoisotopic (exact) mass is 328 g/mol. The lowest BCUT2D eigenvalue weighted by Crippen LogP contribution is -2.84. The zero-order valence-corrected chi connectivity index (χ0v) is 14.2. The molecule has 3 rings (SSSR count). The Morgan fingerprint density at radius 2 is 1.96 bits per heavy atom. The molecule has 2 aromatic rings. The van der Waals surface area contributed by atoms with Crippen molar-refractivity contribution in [3.63, 3.8) is 0 Å². The van der Waals surface area contributed by atoms with Gasteiger partial charge >= 0.3 is 0 Å². The van der Waals surface area contributed by atoms with E-state index in [-0.39, 0.29) is 0 Å². The van der Waals surface area contributed by atoms with E-state index in [9.17, 15) is 0 Å². The zero-order valence-electron chi connectivity index (χ0n) is 14.2. The number of benzene rings is 2. The third-order valence-electron chi connectivity index (χ3n) is 4.30. The first-order valence-corrected chi connectivity index (χ1v) is 8.62. The molecule has 0 aliphatic carbocycles. The molecule has 4 heteroatoms. The SMILES string of the molecule is COc1ccc(C[NH2+]C[C@H]2CCCO2)cc1OCc1ccccc1. The minimum Gasteiger partial charge on any atom is -0.493 e. The lowest BCUT2D eigenvalue weighted by molar-refractivity contribution is -0.676. The molecule has 0 radical (unpaired) electrons. The molecule has 2 aromatic carbocycles. The second-order valence-corrected chi connectivity index (χ2v) is 6.12. The number of quaternary nitrogens is 1. The Morgan fingerprint density at radius 3 is 2.71 bits per heavy atom. The van der Waals surface area contributed by atoms with Crippen molar-refractivity contribution in [3.05, 3.63) is 59.7 Å². The van der Waals surface area contributed by atoms with Gasteiger partial charge in [-0.1, -0.05) is 30.3 Å². The van der Waals surface area contributed by atoms with Gasteiger partial charge in [-0.15, -0.1) is 0 Å². The maximum Gasteiger partial charge on any atom is 0.162 e. The molecule has 1 heterocycles. The van der Waals surface area contributed by atoms with Gasteiger partial charge in [0.2, 0.25) is 0 Å². The van der Waals surface area contributed by atoms with E-state index in [0.29, 0.717) is 12.7 Å². The van der Waals surface area contributed by atoms with Crippen LogP contribution in [0.15, 0.2) is 48.5 Å². The van der Waals surface area contributed by atoms with E-state index in [0.717, 1.165) is 36.8 Å². The fraction of sp³-hybridized carbons (Fsp3) is 0.400. The average Bonchev–Trinajstić information content (AvgIpc) is 3.14. The second kappa shape index (κ2) is 8.71. The number of hydrogen-bond donors (Lipinski definition) is 1. The van der Waals surface area contributed by atoms with Gasteiger partial charge in [0.1, 0.15) is 25.8 Å². The van der Waals surface area contributed by atoms with Crippen LogP contribution in [0.1, 0.15) is 24.0 Å². The zero-order chi connectivity index (χ0) is 16.6. The molecular weight excluding hydrogens is 302 g/mol. The number of nitrogens with two attached hydrogens (primary N) is 1. The van der Waals surface area contributed by atoms with Gasteiger partial charge in [0.25, 0.3) is 0 Å². The summed E-state index contributed by atoms with van der Waals surface area (Å²) >= 11 is 0. The Kier molecular flexibility index (Phi) is 6.10. The largest absolute Gasteiger partial charge is 0.493 e. The Labute approximate surface area is 143 Å². The van der Waals surface area contributed by atoms with Crippen molar-refractivity contribution in [2.24, 2.45) is 0 Å². The highest BCUT2D eigenvalue weighted by molar-refractivity contribution is 5.42. The highest BCUT2D eigenvalue weighted by Gasteiger charge is 2.17. The Hall–Kier alpha value is -2.04. The molecule has 0 bridgehead atoms. The molecule has 128 valence electrons. The van der Waals surface area contributed by atoms with Crippen LogP contribution < -0.4 is 14.8 Å². The molecule has 1 aliphatic heterocycles. The van der Waals surface area contributed by atoms with Crippen LogP contribution in [0.2, 0.25) is 0 Å². The standard InChI is InChI=1S/C20H25NO3/c1-22-19-10-9-17(13-21-14-18-8-5-11-23-18)12-20(19)24-15-16-6-3-2-4-7-16/h2-4,6-7,9-10,12,18,21H,5,8,11,13-15H2,1H3/p+1/t18-/m1/s1. The Morgan fingerprint density at radius 1 is 1.08 bits per heavy atom. The number of rotatable bonds is 8. The summed E-state index contributed by atoms with van der Waals surface area (Å²) in [6.07, 6.45) is 2.79. The highest BCUT2D eigenvalue weighted by atomic mass is 16.5. The number of methoxy groups -OCH3 is 1. The molecule has 24 heavy (non-hydrogen) atoms. The van der Waals surface area contributed by atoms with Gasteiger partial charge < -0.3 is 19.5 Å². The van der Waals surface area contributed by atoms with E-state index in [4.69, 9.17) is 14.2 Å². The molecule has 1 fully saturated rings. The molecule has 0 saturated carbocycles. The molecular formula is C20H26NO3+. The first-order chi connectivity index (χ1) is 11.8. The summed E-state index contributed by atoms with van der Waals surface area (Å²) in [4.78, 5) is 0. The van der Waals surface area contributed by atoms with E-state index >= 15 is 0 Å². The first-order valence-electron chi connectivity index (χ1n) is 8.62. The minimum atomic E-state index is 0.414. The third kappa shape index (κ3) is 4.73. The molecule has 2 N–H and O–H groups in total. The summed E-state index contributed by atoms with van der Waals surface area (Å²) in [6, 6.07) is 16.3. The second-order valence-electron chi connectivity index (χ2n) is 6.12. The summed E-state index contributed by atoms with van der Waals surface area (Å²) < 4.78 is 17.1. The van der Waals surface area contributed by atoms with Crippen molar-refractivity contribution in [3.8, 4) is 11.5 Å². The smallest absolute Gasteiger partial charge is 0.162 e. The molecule has 0 unspecified atom stereocenters. The maximum atomic E-state index is 5.97. The van der Waals surface area contributed by atoms with Gasteiger partial charge in [0, 0.05) is 12.2 Å². The van der Waals surface area contributed by atoms with Gasteiger partial charge in [-0.05, 0) is 36.6 Å². The molecule has 1 atom stereocenters. The average molecular weight is 328 g/mol. The van der Waals surface area contributed by atoms with Crippen molar-refractivity contribution >= 4 is 0 Å². The van der Waals surface area contributed by atoms with Gasteiger partial charge in [-0.3, -0.25) is 0 Å². The van der Waals surface area contributed by atoms with E-state index < -0.39 is 0 Å². The van der Waals surface area contributed by atoms with E-state index in [1.54, 1.807) is 7.11 Å². The highest BCUT2D eigenvalue weighted by Crippen LogP contribution is 2.28. The Bertz CT molecular complexity index is 624. The van der Waals surface area contributed by atoms with Gasteiger partial charge in [-0.2, -0.15) is 0 Å². The molecule has 0 aromatic heterocycles. The summed E-state index contributed by atoms with van der Waals surface area (Å²) in [5, 5.41) is 2.30. The van der Waals surface area contributed by atoms with Crippen molar-refractivity contribution in [2.75, 3.05) is 20.3 Å². The fourth-order valence-corrected chi connectivity index (χ4v) is 2.96. The van der Waals surface area contributed by atoms with Crippen LogP contribution in [0.4, 0.5) is 0 Å². The van der Waals surface area contributed by atoms with E-state index in [1.807, 2.05) is 24.3 Å². The van der Waals surface area contributed by atoms with Crippen LogP contribution in [0.25, 0.3) is 0 Å². The van der Waals surface area contributed by atoms with E-state index in [1.165, 1.54) is 18.4 Å². The lowest BCUT2D eigenvalue weighted by atomic mass is 10.2. The fourth-order valence-electron chi connectivity index (χ4n) is 2.96. The van der Waals surface area contributed by atoms with E-state index in [2.05, 4.69) is 29.6 Å². The first kappa shape index (κ1) is 16.8. The maximum absolute atomic E-state index is 5.97. The minimum absolute atomic E-state index is 0.414. The van der Waals surface area contributed by atoms with Gasteiger partial charge in [-0.25, -0.2) is 0 Å². The summed E-state index contributed by atoms with van der Waals surface area (Å²) in [7, 11) is 1.67. The van der Waals surface area contributed by atoms with Gasteiger partial charge in [0.15, 0.2) is 11.5 Å². The topological polar surface area (TPSA) is 44.3 Å². The van der Waals surface area contributed by atoms with Crippen LogP contribution in [-0.4, -0.2) is 26.4 Å². The van der Waals surface area contributed by atoms with Crippen molar-refractivity contribution in [1.29, 1.82) is 0 Å². The van der Waals surface area contributed by atoms with Crippen LogP contribution in [-0.2, 0) is 17.9 Å². The van der Waals surface area contributed by atoms with Crippen LogP contribution in [0.5, 0.6) is 11.5 Å². The summed E-state index contributed by atoms with van der Waals surface area (Å²) in [6.45, 7) is 3.40. The van der Waals surface area contributed by atoms with Crippen molar-refractivity contribution in [1.82, 2.24) is 0 Å². The molecule has 0 amide bonds. The molecule has 4 nitrogen and oxygen atoms in total. The third-order valence-corrected chi connectivity index (χ3v) is 4.30. The predicted octanol–water partition coefficient (Wildman–Crippen LogP) is 2.52. The normalized spacial score (nSPS) is 17.0. The number of hydrogen-bond acceptors (Lipinski definition) is 3.